The molecule has 31 heavy (non-hydrogen) atoms. The van der Waals surface area contributed by atoms with Gasteiger partial charge in [0, 0.05) is 17.3 Å². The second-order valence-corrected chi connectivity index (χ2v) is 10.3. The second kappa shape index (κ2) is 7.70. The Morgan fingerprint density at radius 1 is 1.10 bits per heavy atom. The number of hydrogen-bond donors (Lipinski definition) is 0. The molecule has 0 unspecified atom stereocenters. The molecule has 0 saturated heterocycles. The van der Waals surface area contributed by atoms with Gasteiger partial charge in [-0.05, 0) is 66.7 Å². The summed E-state index contributed by atoms with van der Waals surface area (Å²) >= 11 is 0. The Balaban J connectivity index is 1.40. The van der Waals surface area contributed by atoms with E-state index < -0.39 is 0 Å². The lowest BCUT2D eigenvalue weighted by molar-refractivity contribution is -0.133. The molecular formula is C28H32O3. The van der Waals surface area contributed by atoms with Crippen LogP contribution in [0.2, 0.25) is 0 Å². The van der Waals surface area contributed by atoms with Crippen LogP contribution < -0.4 is 0 Å². The van der Waals surface area contributed by atoms with Gasteiger partial charge in [-0.15, -0.1) is 0 Å². The molecule has 0 N–H and O–H groups in total. The maximum atomic E-state index is 12.7. The number of fused-ring (bicyclic) bond motifs is 5. The fourth-order valence-corrected chi connectivity index (χ4v) is 7.07. The van der Waals surface area contributed by atoms with Gasteiger partial charge in [-0.25, -0.2) is 0 Å². The monoisotopic (exact) mass is 416 g/mol. The Hall–Kier alpha value is -2.26. The molecule has 6 atom stereocenters. The highest BCUT2D eigenvalue weighted by Gasteiger charge is 2.60. The smallest absolute Gasteiger partial charge is 0.178 e. The molecule has 0 heterocycles. The molecule has 3 heteroatoms. The summed E-state index contributed by atoms with van der Waals surface area (Å²) in [6.07, 6.45) is 14.5. The van der Waals surface area contributed by atoms with Gasteiger partial charge in [0.15, 0.2) is 5.78 Å². The molecule has 4 aliphatic carbocycles. The number of carbonyl (C=O) groups excluding carboxylic acids is 2. The summed E-state index contributed by atoms with van der Waals surface area (Å²) in [6, 6.07) is 10.2. The van der Waals surface area contributed by atoms with E-state index >= 15 is 0 Å². The third-order valence-corrected chi connectivity index (χ3v) is 8.77. The van der Waals surface area contributed by atoms with Crippen molar-refractivity contribution in [1.82, 2.24) is 0 Å². The standard InChI is InChI=1S/C28H32O3/c1-27-14-12-20(29)17-24(27)25(31-16-6-9-19-7-4-3-5-8-19)18-21-22-10-11-26(30)28(22,2)15-13-23(21)27/h3-9,12,14,17,21-23,25H,10-11,13,15-16,18H2,1-2H3/b9-6+/t21-,22-,23-,25+,27+,28-/m0/s1. The SMILES string of the molecule is C[C@]12C=CC(=O)C=C1[C@H](OC/C=C/c1ccccc1)C[C@@H]1[C@@H]2CC[C@]2(C)C(=O)CC[C@@H]12. The number of allylic oxidation sites excluding steroid dienone is 3. The normalized spacial score (nSPS) is 39.2. The zero-order valence-corrected chi connectivity index (χ0v) is 18.6. The molecule has 5 rings (SSSR count). The molecular weight excluding hydrogens is 384 g/mol. The Morgan fingerprint density at radius 3 is 2.71 bits per heavy atom. The third kappa shape index (κ3) is 3.38. The van der Waals surface area contributed by atoms with Gasteiger partial charge in [-0.1, -0.05) is 62.4 Å². The maximum Gasteiger partial charge on any atom is 0.178 e. The van der Waals surface area contributed by atoms with Crippen molar-refractivity contribution in [2.45, 2.75) is 52.1 Å². The van der Waals surface area contributed by atoms with Gasteiger partial charge in [-0.2, -0.15) is 0 Å². The predicted octanol–water partition coefficient (Wildman–Crippen LogP) is 5.57. The van der Waals surface area contributed by atoms with Gasteiger partial charge in [0.2, 0.25) is 0 Å². The Labute approximate surface area is 185 Å². The van der Waals surface area contributed by atoms with Crippen LogP contribution in [0.4, 0.5) is 0 Å². The maximum absolute atomic E-state index is 12.7. The molecule has 0 bridgehead atoms. The molecule has 0 aliphatic heterocycles. The number of benzene rings is 1. The topological polar surface area (TPSA) is 43.4 Å². The Morgan fingerprint density at radius 2 is 1.90 bits per heavy atom. The van der Waals surface area contributed by atoms with E-state index in [0.717, 1.165) is 43.2 Å². The first-order valence-corrected chi connectivity index (χ1v) is 11.7. The third-order valence-electron chi connectivity index (χ3n) is 8.77. The lowest BCUT2D eigenvalue weighted by atomic mass is 9.48. The summed E-state index contributed by atoms with van der Waals surface area (Å²) in [6.45, 7) is 5.01. The molecule has 1 aromatic rings. The predicted molar refractivity (Wildman–Crippen MR) is 122 cm³/mol. The van der Waals surface area contributed by atoms with Gasteiger partial charge in [0.1, 0.15) is 5.78 Å². The van der Waals surface area contributed by atoms with Crippen LogP contribution in [-0.4, -0.2) is 24.3 Å². The minimum absolute atomic E-state index is 0.0658. The first-order chi connectivity index (χ1) is 14.9. The Kier molecular flexibility index (Phi) is 5.13. The zero-order valence-electron chi connectivity index (χ0n) is 18.6. The van der Waals surface area contributed by atoms with Gasteiger partial charge >= 0.3 is 0 Å². The average Bonchev–Trinajstić information content (AvgIpc) is 3.07. The molecule has 3 saturated carbocycles. The zero-order chi connectivity index (χ0) is 21.6. The van der Waals surface area contributed by atoms with Crippen LogP contribution in [0.3, 0.4) is 0 Å². The van der Waals surface area contributed by atoms with Gasteiger partial charge in [-0.3, -0.25) is 9.59 Å². The van der Waals surface area contributed by atoms with Crippen molar-refractivity contribution >= 4 is 17.6 Å². The van der Waals surface area contributed by atoms with Crippen molar-refractivity contribution in [3.05, 3.63) is 65.8 Å². The number of rotatable bonds is 4. The van der Waals surface area contributed by atoms with Crippen LogP contribution in [0.15, 0.2) is 60.2 Å². The summed E-state index contributed by atoms with van der Waals surface area (Å²) in [5.41, 5.74) is 1.98. The molecule has 3 fully saturated rings. The van der Waals surface area contributed by atoms with E-state index in [4.69, 9.17) is 4.74 Å². The fraction of sp³-hybridized carbons (Fsp3) is 0.500. The molecule has 0 aromatic heterocycles. The van der Waals surface area contributed by atoms with Crippen LogP contribution in [0.1, 0.15) is 51.5 Å². The van der Waals surface area contributed by atoms with E-state index in [0.29, 0.717) is 30.1 Å². The summed E-state index contributed by atoms with van der Waals surface area (Å²) in [7, 11) is 0. The first-order valence-electron chi connectivity index (χ1n) is 11.7. The van der Waals surface area contributed by atoms with Crippen molar-refractivity contribution in [3.8, 4) is 0 Å². The number of carbonyl (C=O) groups is 2. The highest BCUT2D eigenvalue weighted by Crippen LogP contribution is 2.63. The lowest BCUT2D eigenvalue weighted by Gasteiger charge is -2.57. The van der Waals surface area contributed by atoms with Crippen molar-refractivity contribution in [3.63, 3.8) is 0 Å². The largest absolute Gasteiger partial charge is 0.370 e. The van der Waals surface area contributed by atoms with Crippen molar-refractivity contribution < 1.29 is 14.3 Å². The summed E-state index contributed by atoms with van der Waals surface area (Å²) < 4.78 is 6.42. The molecule has 3 nitrogen and oxygen atoms in total. The highest BCUT2D eigenvalue weighted by atomic mass is 16.5. The number of ether oxygens (including phenoxy) is 1. The highest BCUT2D eigenvalue weighted by molar-refractivity contribution is 6.01. The summed E-state index contributed by atoms with van der Waals surface area (Å²) in [4.78, 5) is 25.0. The van der Waals surface area contributed by atoms with Crippen LogP contribution in [0, 0.1) is 28.6 Å². The van der Waals surface area contributed by atoms with Gasteiger partial charge < -0.3 is 4.74 Å². The van der Waals surface area contributed by atoms with Crippen LogP contribution in [-0.2, 0) is 14.3 Å². The van der Waals surface area contributed by atoms with Crippen LogP contribution in [0.25, 0.3) is 6.08 Å². The second-order valence-electron chi connectivity index (χ2n) is 10.3. The van der Waals surface area contributed by atoms with Crippen molar-refractivity contribution in [2.24, 2.45) is 28.6 Å². The Bertz CT molecular complexity index is 971. The summed E-state index contributed by atoms with van der Waals surface area (Å²) in [5, 5.41) is 0. The molecule has 162 valence electrons. The number of ketones is 2. The van der Waals surface area contributed by atoms with Crippen LogP contribution >= 0.6 is 0 Å². The lowest BCUT2D eigenvalue weighted by Crippen LogP contribution is -2.53. The minimum atomic E-state index is -0.162. The van der Waals surface area contributed by atoms with E-state index in [2.05, 4.69) is 44.2 Å². The van der Waals surface area contributed by atoms with E-state index in [1.165, 1.54) is 0 Å². The summed E-state index contributed by atoms with van der Waals surface area (Å²) in [5.74, 6) is 1.91. The van der Waals surface area contributed by atoms with Gasteiger partial charge in [0.05, 0.1) is 12.7 Å². The van der Waals surface area contributed by atoms with Crippen molar-refractivity contribution in [1.29, 1.82) is 0 Å². The fourth-order valence-electron chi connectivity index (χ4n) is 7.07. The number of Topliss-reactive ketones (excluding diaryl/α,β-unsaturated/α-hetero) is 1. The molecule has 0 radical (unpaired) electrons. The molecule has 4 aliphatic rings. The molecule has 1 aromatic carbocycles. The number of hydrogen-bond acceptors (Lipinski definition) is 3. The first kappa shape index (κ1) is 20.6. The van der Waals surface area contributed by atoms with E-state index in [1.807, 2.05) is 24.3 Å². The van der Waals surface area contributed by atoms with E-state index in [-0.39, 0.29) is 22.7 Å². The van der Waals surface area contributed by atoms with Gasteiger partial charge in [0.25, 0.3) is 0 Å². The van der Waals surface area contributed by atoms with E-state index in [9.17, 15) is 9.59 Å². The molecule has 0 amide bonds. The molecule has 0 spiro atoms. The quantitative estimate of drug-likeness (QED) is 0.644. The van der Waals surface area contributed by atoms with Crippen LogP contribution in [0.5, 0.6) is 0 Å². The minimum Gasteiger partial charge on any atom is -0.370 e. The van der Waals surface area contributed by atoms with E-state index in [1.54, 1.807) is 6.08 Å². The van der Waals surface area contributed by atoms with Crippen molar-refractivity contribution in [2.75, 3.05) is 6.61 Å². The average molecular weight is 417 g/mol.